The molecule has 0 radical (unpaired) electrons. The van der Waals surface area contributed by atoms with Gasteiger partial charge in [-0.15, -0.1) is 4.52 Å². The summed E-state index contributed by atoms with van der Waals surface area (Å²) in [6.45, 7) is 2.89. The van der Waals surface area contributed by atoms with E-state index in [0.717, 1.165) is 11.0 Å². The Bertz CT molecular complexity index is 273. The SMILES string of the molecule is CC(=CCCO)C(=O)[O-].C[N+](C)(C)CCO[PH+]=O. The van der Waals surface area contributed by atoms with Crippen LogP contribution in [0.25, 0.3) is 0 Å². The number of hydrogen-bond acceptors (Lipinski definition) is 5. The second-order valence-corrected chi connectivity index (χ2v) is 5.09. The van der Waals surface area contributed by atoms with Crippen molar-refractivity contribution in [1.29, 1.82) is 0 Å². The van der Waals surface area contributed by atoms with Gasteiger partial charge >= 0.3 is 8.69 Å². The van der Waals surface area contributed by atoms with E-state index in [0.29, 0.717) is 13.0 Å². The summed E-state index contributed by atoms with van der Waals surface area (Å²) < 4.78 is 15.3. The van der Waals surface area contributed by atoms with Crippen LogP contribution in [-0.2, 0) is 13.9 Å². The van der Waals surface area contributed by atoms with Crippen LogP contribution in [0.4, 0.5) is 0 Å². The molecular formula is C11H23NO5P+. The maximum atomic E-state index is 9.94. The lowest BCUT2D eigenvalue weighted by molar-refractivity contribution is -0.870. The van der Waals surface area contributed by atoms with E-state index in [9.17, 15) is 14.5 Å². The average molecular weight is 280 g/mol. The molecule has 0 aliphatic heterocycles. The fraction of sp³-hybridized carbons (Fsp3) is 0.727. The Morgan fingerprint density at radius 2 is 2.00 bits per heavy atom. The van der Waals surface area contributed by atoms with E-state index in [1.54, 1.807) is 0 Å². The summed E-state index contributed by atoms with van der Waals surface area (Å²) in [5, 5.41) is 18.2. The Balaban J connectivity index is 0. The molecule has 0 aromatic carbocycles. The molecule has 0 amide bonds. The summed E-state index contributed by atoms with van der Waals surface area (Å²) in [5.41, 5.74) is 0.170. The van der Waals surface area contributed by atoms with Crippen molar-refractivity contribution in [2.75, 3.05) is 40.9 Å². The first-order chi connectivity index (χ1) is 8.24. The predicted molar refractivity (Wildman–Crippen MR) is 68.3 cm³/mol. The van der Waals surface area contributed by atoms with Crippen LogP contribution >= 0.6 is 8.69 Å². The standard InChI is InChI=1S/C6H10O3.C5H14NO2P/c1-5(6(8)9)3-2-4-7;1-6(2,3)4-5-8-9-7/h3,7H,2,4H2,1H3,(H,8,9);9H,4-5H2,1-3H3/q;+2/p-1. The minimum absolute atomic E-state index is 0.0232. The van der Waals surface area contributed by atoms with Gasteiger partial charge in [-0.25, -0.2) is 0 Å². The van der Waals surface area contributed by atoms with Gasteiger partial charge in [0.05, 0.1) is 27.1 Å². The number of hydrogen-bond donors (Lipinski definition) is 1. The van der Waals surface area contributed by atoms with Crippen molar-refractivity contribution in [2.45, 2.75) is 13.3 Å². The highest BCUT2D eigenvalue weighted by molar-refractivity contribution is 7.17. The molecule has 1 N–H and O–H groups in total. The number of aliphatic hydroxyl groups excluding tert-OH is 1. The molecule has 0 bridgehead atoms. The Morgan fingerprint density at radius 3 is 2.33 bits per heavy atom. The Morgan fingerprint density at radius 1 is 1.44 bits per heavy atom. The Kier molecular flexibility index (Phi) is 12.2. The third-order valence-electron chi connectivity index (χ3n) is 1.82. The number of carboxylic acids is 1. The average Bonchev–Trinajstić information content (AvgIpc) is 2.25. The van der Waals surface area contributed by atoms with Crippen LogP contribution in [-0.4, -0.2) is 56.5 Å². The van der Waals surface area contributed by atoms with Gasteiger partial charge in [-0.2, -0.15) is 0 Å². The number of carbonyl (C=O) groups excluding carboxylic acids is 1. The number of carbonyl (C=O) groups is 1. The quantitative estimate of drug-likeness (QED) is 0.300. The molecule has 1 unspecified atom stereocenters. The molecule has 0 fully saturated rings. The number of aliphatic hydroxyl groups is 1. The molecule has 0 rings (SSSR count). The third-order valence-corrected chi connectivity index (χ3v) is 2.15. The lowest BCUT2D eigenvalue weighted by atomic mass is 10.2. The molecule has 106 valence electrons. The highest BCUT2D eigenvalue weighted by atomic mass is 31.1. The van der Waals surface area contributed by atoms with Crippen LogP contribution in [0.5, 0.6) is 0 Å². The Labute approximate surface area is 110 Å². The van der Waals surface area contributed by atoms with E-state index in [4.69, 9.17) is 5.11 Å². The van der Waals surface area contributed by atoms with E-state index in [1.165, 1.54) is 13.0 Å². The number of likely N-dealkylation sites (N-methyl/N-ethyl adjacent to an activating group) is 1. The second-order valence-electron chi connectivity index (χ2n) is 4.63. The van der Waals surface area contributed by atoms with Crippen molar-refractivity contribution in [1.82, 2.24) is 0 Å². The lowest BCUT2D eigenvalue weighted by Gasteiger charge is -2.21. The fourth-order valence-corrected chi connectivity index (χ4v) is 0.900. The van der Waals surface area contributed by atoms with Crippen molar-refractivity contribution in [2.24, 2.45) is 0 Å². The topological polar surface area (TPSA) is 86.7 Å². The van der Waals surface area contributed by atoms with E-state index in [1.807, 2.05) is 0 Å². The summed E-state index contributed by atoms with van der Waals surface area (Å²) in [6.07, 6.45) is 1.80. The maximum Gasteiger partial charge on any atom is 0.494 e. The highest BCUT2D eigenvalue weighted by Gasteiger charge is 2.06. The van der Waals surface area contributed by atoms with Crippen LogP contribution in [0.15, 0.2) is 11.6 Å². The third kappa shape index (κ3) is 17.6. The van der Waals surface area contributed by atoms with Gasteiger partial charge in [0.2, 0.25) is 0 Å². The molecule has 0 aliphatic carbocycles. The van der Waals surface area contributed by atoms with Crippen molar-refractivity contribution in [3.8, 4) is 0 Å². The van der Waals surface area contributed by atoms with E-state index >= 15 is 0 Å². The lowest BCUT2D eigenvalue weighted by Crippen LogP contribution is -2.37. The predicted octanol–water partition coefficient (Wildman–Crippen LogP) is -0.287. The van der Waals surface area contributed by atoms with Crippen molar-refractivity contribution < 1.29 is 28.6 Å². The van der Waals surface area contributed by atoms with Gasteiger partial charge < -0.3 is 19.5 Å². The molecule has 0 spiro atoms. The number of nitrogens with zero attached hydrogens (tertiary/aromatic N) is 1. The zero-order valence-electron chi connectivity index (χ0n) is 11.4. The van der Waals surface area contributed by atoms with Gasteiger partial charge in [-0.1, -0.05) is 6.08 Å². The van der Waals surface area contributed by atoms with Crippen molar-refractivity contribution in [3.05, 3.63) is 11.6 Å². The molecule has 7 heteroatoms. The molecular weight excluding hydrogens is 257 g/mol. The maximum absolute atomic E-state index is 9.94. The van der Waals surface area contributed by atoms with Gasteiger partial charge in [-0.3, -0.25) is 0 Å². The largest absolute Gasteiger partial charge is 0.545 e. The molecule has 0 heterocycles. The summed E-state index contributed by atoms with van der Waals surface area (Å²) in [6, 6.07) is 0. The van der Waals surface area contributed by atoms with E-state index in [2.05, 4.69) is 25.7 Å². The van der Waals surface area contributed by atoms with Gasteiger partial charge in [0.25, 0.3) is 0 Å². The van der Waals surface area contributed by atoms with Crippen LogP contribution < -0.4 is 5.11 Å². The minimum atomic E-state index is -1.18. The van der Waals surface area contributed by atoms with Crippen molar-refractivity contribution in [3.63, 3.8) is 0 Å². The number of rotatable bonds is 7. The van der Waals surface area contributed by atoms with Crippen molar-refractivity contribution >= 4 is 14.7 Å². The smallest absolute Gasteiger partial charge is 0.494 e. The van der Waals surface area contributed by atoms with Gasteiger partial charge in [0, 0.05) is 6.61 Å². The molecule has 0 aromatic heterocycles. The monoisotopic (exact) mass is 280 g/mol. The summed E-state index contributed by atoms with van der Waals surface area (Å²) in [7, 11) is 5.58. The van der Waals surface area contributed by atoms with Gasteiger partial charge in [0.1, 0.15) is 6.54 Å². The molecule has 0 aliphatic rings. The van der Waals surface area contributed by atoms with E-state index in [-0.39, 0.29) is 12.2 Å². The first-order valence-corrected chi connectivity index (χ1v) is 6.34. The number of aliphatic carboxylic acids is 1. The second kappa shape index (κ2) is 11.3. The van der Waals surface area contributed by atoms with E-state index < -0.39 is 14.7 Å². The van der Waals surface area contributed by atoms with Crippen LogP contribution in [0.3, 0.4) is 0 Å². The Hall–Kier alpha value is -0.810. The highest BCUT2D eigenvalue weighted by Crippen LogP contribution is 1.96. The molecule has 1 atom stereocenters. The van der Waals surface area contributed by atoms with Crippen LogP contribution in [0.2, 0.25) is 0 Å². The first kappa shape index (κ1) is 19.5. The molecule has 18 heavy (non-hydrogen) atoms. The number of carboxylic acid groups (broad SMARTS) is 1. The summed E-state index contributed by atoms with van der Waals surface area (Å²) in [4.78, 5) is 9.94. The summed E-state index contributed by atoms with van der Waals surface area (Å²) >= 11 is 0. The summed E-state index contributed by atoms with van der Waals surface area (Å²) in [5.74, 6) is -1.18. The van der Waals surface area contributed by atoms with Gasteiger partial charge in [-0.05, 0) is 23.5 Å². The molecule has 0 aromatic rings. The zero-order chi connectivity index (χ0) is 14.6. The minimum Gasteiger partial charge on any atom is -0.545 e. The number of quaternary nitrogens is 1. The molecule has 6 nitrogen and oxygen atoms in total. The molecule has 0 saturated carbocycles. The zero-order valence-corrected chi connectivity index (χ0v) is 12.4. The van der Waals surface area contributed by atoms with Gasteiger partial charge in [0.15, 0.2) is 6.61 Å². The van der Waals surface area contributed by atoms with Crippen LogP contribution in [0.1, 0.15) is 13.3 Å². The normalized spacial score (nSPS) is 11.9. The molecule has 0 saturated heterocycles. The fourth-order valence-electron chi connectivity index (χ4n) is 0.726. The first-order valence-electron chi connectivity index (χ1n) is 5.53. The van der Waals surface area contributed by atoms with Crippen LogP contribution in [0, 0.1) is 0 Å².